The van der Waals surface area contributed by atoms with Crippen LogP contribution in [0.2, 0.25) is 0 Å². The van der Waals surface area contributed by atoms with Gasteiger partial charge in [-0.15, -0.1) is 0 Å². The quantitative estimate of drug-likeness (QED) is 0.520. The van der Waals surface area contributed by atoms with Crippen LogP contribution < -0.4 is 22.1 Å². The number of hydrogen-bond acceptors (Lipinski definition) is 4. The fourth-order valence-electron chi connectivity index (χ4n) is 3.25. The topological polar surface area (TPSA) is 76.1 Å². The Morgan fingerprint density at radius 2 is 1.28 bits per heavy atom. The molecular weight excluding hydrogens is 224 g/mol. The molecule has 2 heterocycles. The summed E-state index contributed by atoms with van der Waals surface area (Å²) in [6, 6.07) is 0.836. The van der Waals surface area contributed by atoms with Crippen molar-refractivity contribution in [2.45, 2.75) is 76.5 Å². The first-order valence-corrected chi connectivity index (χ1v) is 7.21. The lowest BCUT2D eigenvalue weighted by Crippen LogP contribution is -2.60. The Bertz CT molecular complexity index is 228. The van der Waals surface area contributed by atoms with Gasteiger partial charge in [0.1, 0.15) is 0 Å². The van der Waals surface area contributed by atoms with Crippen LogP contribution in [0, 0.1) is 0 Å². The zero-order chi connectivity index (χ0) is 13.8. The molecule has 0 bridgehead atoms. The number of rotatable bonds is 0. The van der Waals surface area contributed by atoms with Crippen molar-refractivity contribution < 1.29 is 0 Å². The van der Waals surface area contributed by atoms with Gasteiger partial charge in [-0.3, -0.25) is 0 Å². The molecule has 2 rings (SSSR count). The average Bonchev–Trinajstić information content (AvgIpc) is 2.13. The van der Waals surface area contributed by atoms with Gasteiger partial charge in [-0.25, -0.2) is 0 Å². The van der Waals surface area contributed by atoms with Crippen LogP contribution in [0.4, 0.5) is 0 Å². The first-order chi connectivity index (χ1) is 8.20. The highest BCUT2D eigenvalue weighted by atomic mass is 15.1. The van der Waals surface area contributed by atoms with Gasteiger partial charge in [0.25, 0.3) is 0 Å². The van der Waals surface area contributed by atoms with Crippen molar-refractivity contribution in [1.29, 1.82) is 0 Å². The molecule has 2 aliphatic heterocycles. The highest BCUT2D eigenvalue weighted by molar-refractivity contribution is 4.98. The Morgan fingerprint density at radius 3 is 1.56 bits per heavy atom. The number of nitrogens with two attached hydrogens (primary N) is 2. The van der Waals surface area contributed by atoms with E-state index in [2.05, 4.69) is 38.3 Å². The summed E-state index contributed by atoms with van der Waals surface area (Å²) < 4.78 is 0. The Balaban J connectivity index is 0.000000199. The van der Waals surface area contributed by atoms with Gasteiger partial charge in [0, 0.05) is 23.2 Å². The van der Waals surface area contributed by atoms with E-state index >= 15 is 0 Å². The molecule has 6 N–H and O–H groups in total. The summed E-state index contributed by atoms with van der Waals surface area (Å²) in [7, 11) is 0. The van der Waals surface area contributed by atoms with Crippen LogP contribution in [0.1, 0.15) is 53.4 Å². The van der Waals surface area contributed by atoms with Crippen molar-refractivity contribution in [2.75, 3.05) is 13.1 Å². The molecule has 4 nitrogen and oxygen atoms in total. The molecule has 2 saturated heterocycles. The molecule has 108 valence electrons. The third kappa shape index (κ3) is 6.14. The van der Waals surface area contributed by atoms with E-state index in [1.807, 2.05) is 0 Å². The molecule has 0 unspecified atom stereocenters. The van der Waals surface area contributed by atoms with E-state index in [1.165, 1.54) is 0 Å². The first kappa shape index (κ1) is 15.9. The second kappa shape index (κ2) is 6.33. The molecule has 0 amide bonds. The Labute approximate surface area is 112 Å². The summed E-state index contributed by atoms with van der Waals surface area (Å²) in [5.74, 6) is 0. The van der Waals surface area contributed by atoms with Crippen LogP contribution in [-0.2, 0) is 0 Å². The number of nitrogens with one attached hydrogen (secondary N) is 2. The Hall–Kier alpha value is -0.160. The molecule has 0 atom stereocenters. The molecule has 0 aromatic heterocycles. The molecule has 0 saturated carbocycles. The lowest BCUT2D eigenvalue weighted by Gasteiger charge is -2.45. The molecule has 0 aromatic rings. The van der Waals surface area contributed by atoms with Crippen molar-refractivity contribution in [3.63, 3.8) is 0 Å². The van der Waals surface area contributed by atoms with Gasteiger partial charge in [-0.05, 0) is 66.5 Å². The predicted octanol–water partition coefficient (Wildman–Crippen LogP) is 0.951. The molecule has 2 aliphatic rings. The van der Waals surface area contributed by atoms with Crippen LogP contribution in [-0.4, -0.2) is 36.3 Å². The zero-order valence-electron chi connectivity index (χ0n) is 12.6. The van der Waals surface area contributed by atoms with Crippen molar-refractivity contribution in [2.24, 2.45) is 11.5 Å². The van der Waals surface area contributed by atoms with E-state index in [4.69, 9.17) is 11.5 Å². The molecule has 0 spiro atoms. The lowest BCUT2D eigenvalue weighted by atomic mass is 9.80. The lowest BCUT2D eigenvalue weighted by molar-refractivity contribution is 0.163. The number of hydrogen-bond donors (Lipinski definition) is 4. The van der Waals surface area contributed by atoms with E-state index in [9.17, 15) is 0 Å². The van der Waals surface area contributed by atoms with E-state index in [-0.39, 0.29) is 11.1 Å². The molecule has 0 aliphatic carbocycles. The third-order valence-electron chi connectivity index (χ3n) is 3.61. The SMILES string of the molecule is CC1(C)CC(N)CC(C)(C)N1.NC1CCNCC1. The summed E-state index contributed by atoms with van der Waals surface area (Å²) in [5.41, 5.74) is 12.0. The fraction of sp³-hybridized carbons (Fsp3) is 1.00. The largest absolute Gasteiger partial charge is 0.328 e. The number of piperidine rings is 2. The first-order valence-electron chi connectivity index (χ1n) is 7.21. The normalized spacial score (nSPS) is 28.3. The van der Waals surface area contributed by atoms with Crippen LogP contribution in [0.5, 0.6) is 0 Å². The standard InChI is InChI=1S/C9H20N2.C5H12N2/c1-8(2)5-7(10)6-9(3,4)11-8;6-5-1-3-7-4-2-5/h7,11H,5-6,10H2,1-4H3;5,7H,1-4,6H2. The average molecular weight is 256 g/mol. The van der Waals surface area contributed by atoms with E-state index in [1.54, 1.807) is 0 Å². The van der Waals surface area contributed by atoms with Crippen LogP contribution in [0.3, 0.4) is 0 Å². The molecular formula is C14H32N4. The molecule has 0 radical (unpaired) electrons. The molecule has 2 fully saturated rings. The highest BCUT2D eigenvalue weighted by Crippen LogP contribution is 2.26. The summed E-state index contributed by atoms with van der Waals surface area (Å²) in [6.07, 6.45) is 4.47. The van der Waals surface area contributed by atoms with E-state index in [0.717, 1.165) is 38.8 Å². The molecule has 4 heteroatoms. The third-order valence-corrected chi connectivity index (χ3v) is 3.61. The maximum atomic E-state index is 5.95. The minimum absolute atomic E-state index is 0.209. The van der Waals surface area contributed by atoms with Gasteiger partial charge in [-0.1, -0.05) is 0 Å². The predicted molar refractivity (Wildman–Crippen MR) is 78.6 cm³/mol. The van der Waals surface area contributed by atoms with Crippen LogP contribution in [0.25, 0.3) is 0 Å². The van der Waals surface area contributed by atoms with Gasteiger partial charge in [0.2, 0.25) is 0 Å². The molecule has 18 heavy (non-hydrogen) atoms. The minimum Gasteiger partial charge on any atom is -0.328 e. The Kier molecular flexibility index (Phi) is 5.59. The summed E-state index contributed by atoms with van der Waals surface area (Å²) in [6.45, 7) is 11.1. The summed E-state index contributed by atoms with van der Waals surface area (Å²) in [4.78, 5) is 0. The van der Waals surface area contributed by atoms with E-state index < -0.39 is 0 Å². The summed E-state index contributed by atoms with van der Waals surface area (Å²) >= 11 is 0. The van der Waals surface area contributed by atoms with E-state index in [0.29, 0.717) is 12.1 Å². The van der Waals surface area contributed by atoms with Gasteiger partial charge >= 0.3 is 0 Å². The van der Waals surface area contributed by atoms with Crippen molar-refractivity contribution in [3.8, 4) is 0 Å². The highest BCUT2D eigenvalue weighted by Gasteiger charge is 2.35. The van der Waals surface area contributed by atoms with Gasteiger partial charge in [0.05, 0.1) is 0 Å². The smallest absolute Gasteiger partial charge is 0.0144 e. The van der Waals surface area contributed by atoms with Crippen molar-refractivity contribution >= 4 is 0 Å². The van der Waals surface area contributed by atoms with Crippen LogP contribution in [0.15, 0.2) is 0 Å². The Morgan fingerprint density at radius 1 is 0.833 bits per heavy atom. The monoisotopic (exact) mass is 256 g/mol. The second-order valence-electron chi connectivity index (χ2n) is 7.15. The van der Waals surface area contributed by atoms with Crippen LogP contribution >= 0.6 is 0 Å². The second-order valence-corrected chi connectivity index (χ2v) is 7.15. The van der Waals surface area contributed by atoms with Crippen molar-refractivity contribution in [3.05, 3.63) is 0 Å². The fourth-order valence-corrected chi connectivity index (χ4v) is 3.25. The maximum absolute atomic E-state index is 5.95. The maximum Gasteiger partial charge on any atom is 0.0144 e. The minimum atomic E-state index is 0.209. The molecule has 0 aromatic carbocycles. The van der Waals surface area contributed by atoms with Gasteiger partial charge in [0.15, 0.2) is 0 Å². The van der Waals surface area contributed by atoms with Gasteiger partial charge in [-0.2, -0.15) is 0 Å². The van der Waals surface area contributed by atoms with Crippen molar-refractivity contribution in [1.82, 2.24) is 10.6 Å². The zero-order valence-corrected chi connectivity index (χ0v) is 12.6. The van der Waals surface area contributed by atoms with Gasteiger partial charge < -0.3 is 22.1 Å². The summed E-state index contributed by atoms with van der Waals surface area (Å²) in [5, 5.41) is 6.82.